The molecule has 0 aliphatic heterocycles. The molecular weight excluding hydrogens is 330 g/mol. The monoisotopic (exact) mass is 351 g/mol. The molecule has 134 valence electrons. The second-order valence-electron chi connectivity index (χ2n) is 6.06. The van der Waals surface area contributed by atoms with Gasteiger partial charge in [-0.15, -0.1) is 0 Å². The van der Waals surface area contributed by atoms with E-state index in [1.165, 1.54) is 0 Å². The molecule has 1 amide bonds. The second kappa shape index (κ2) is 7.78. The zero-order valence-corrected chi connectivity index (χ0v) is 15.0. The van der Waals surface area contributed by atoms with Crippen molar-refractivity contribution in [3.63, 3.8) is 0 Å². The molecule has 0 aliphatic carbocycles. The Morgan fingerprint density at radius 2 is 1.77 bits per heavy atom. The summed E-state index contributed by atoms with van der Waals surface area (Å²) in [5.74, 6) is 1.94. The minimum Gasteiger partial charge on any atom is -0.497 e. The Labute approximate surface area is 152 Å². The van der Waals surface area contributed by atoms with Gasteiger partial charge in [-0.05, 0) is 61.4 Å². The van der Waals surface area contributed by atoms with Crippen molar-refractivity contribution in [1.29, 1.82) is 0 Å². The standard InChI is InChI=1S/C21H21NO4/c1-14-9-15(2)11-19(10-14)25-13-18-7-8-20(26-18)21(23)22-16-5-4-6-17(12-16)24-3/h4-12H,13H2,1-3H3,(H,22,23). The average Bonchev–Trinajstić information content (AvgIpc) is 3.08. The van der Waals surface area contributed by atoms with E-state index < -0.39 is 0 Å². The van der Waals surface area contributed by atoms with Gasteiger partial charge in [0.05, 0.1) is 7.11 Å². The van der Waals surface area contributed by atoms with Crippen molar-refractivity contribution < 1.29 is 18.7 Å². The van der Waals surface area contributed by atoms with Crippen LogP contribution in [0.25, 0.3) is 0 Å². The predicted octanol–water partition coefficient (Wildman–Crippen LogP) is 4.74. The lowest BCUT2D eigenvalue weighted by Crippen LogP contribution is -2.10. The number of aryl methyl sites for hydroxylation is 2. The van der Waals surface area contributed by atoms with Crippen molar-refractivity contribution in [3.05, 3.63) is 77.2 Å². The summed E-state index contributed by atoms with van der Waals surface area (Å²) in [4.78, 5) is 12.3. The van der Waals surface area contributed by atoms with E-state index in [0.29, 0.717) is 17.2 Å². The van der Waals surface area contributed by atoms with Crippen LogP contribution in [0.2, 0.25) is 0 Å². The number of carbonyl (C=O) groups excluding carboxylic acids is 1. The molecule has 5 nitrogen and oxygen atoms in total. The normalized spacial score (nSPS) is 10.4. The highest BCUT2D eigenvalue weighted by molar-refractivity contribution is 6.02. The number of hydrogen-bond donors (Lipinski definition) is 1. The fraction of sp³-hybridized carbons (Fsp3) is 0.190. The summed E-state index contributed by atoms with van der Waals surface area (Å²) < 4.78 is 16.5. The molecule has 5 heteroatoms. The van der Waals surface area contributed by atoms with Gasteiger partial charge in [0, 0.05) is 11.8 Å². The van der Waals surface area contributed by atoms with Crippen molar-refractivity contribution in [2.75, 3.05) is 12.4 Å². The van der Waals surface area contributed by atoms with Crippen LogP contribution in [0.1, 0.15) is 27.4 Å². The summed E-state index contributed by atoms with van der Waals surface area (Å²) in [5.41, 5.74) is 2.91. The van der Waals surface area contributed by atoms with E-state index in [1.54, 1.807) is 37.4 Å². The fourth-order valence-electron chi connectivity index (χ4n) is 2.64. The first-order valence-electron chi connectivity index (χ1n) is 8.29. The first kappa shape index (κ1) is 17.6. The Morgan fingerprint density at radius 1 is 1.00 bits per heavy atom. The molecule has 1 aromatic heterocycles. The number of ether oxygens (including phenoxy) is 2. The van der Waals surface area contributed by atoms with Gasteiger partial charge in [0.25, 0.3) is 5.91 Å². The first-order valence-corrected chi connectivity index (χ1v) is 8.29. The number of nitrogens with one attached hydrogen (secondary N) is 1. The SMILES string of the molecule is COc1cccc(NC(=O)c2ccc(COc3cc(C)cc(C)c3)o2)c1. The molecule has 0 saturated heterocycles. The Balaban J connectivity index is 1.62. The highest BCUT2D eigenvalue weighted by Gasteiger charge is 2.12. The highest BCUT2D eigenvalue weighted by Crippen LogP contribution is 2.20. The maximum absolute atomic E-state index is 12.3. The van der Waals surface area contributed by atoms with Gasteiger partial charge in [0.15, 0.2) is 5.76 Å². The molecule has 0 unspecified atom stereocenters. The largest absolute Gasteiger partial charge is 0.497 e. The molecular formula is C21H21NO4. The van der Waals surface area contributed by atoms with Gasteiger partial charge < -0.3 is 19.2 Å². The molecule has 1 heterocycles. The Hall–Kier alpha value is -3.21. The number of benzene rings is 2. The number of methoxy groups -OCH3 is 1. The van der Waals surface area contributed by atoms with Gasteiger partial charge in [0.2, 0.25) is 0 Å². The lowest BCUT2D eigenvalue weighted by Gasteiger charge is -2.07. The van der Waals surface area contributed by atoms with Crippen molar-refractivity contribution >= 4 is 11.6 Å². The molecule has 1 N–H and O–H groups in total. The zero-order valence-electron chi connectivity index (χ0n) is 15.0. The molecule has 0 aliphatic rings. The predicted molar refractivity (Wildman–Crippen MR) is 99.9 cm³/mol. The molecule has 0 saturated carbocycles. The van der Waals surface area contributed by atoms with E-state index in [-0.39, 0.29) is 18.3 Å². The van der Waals surface area contributed by atoms with E-state index in [0.717, 1.165) is 16.9 Å². The summed E-state index contributed by atoms with van der Waals surface area (Å²) in [5, 5.41) is 2.78. The smallest absolute Gasteiger partial charge is 0.291 e. The van der Waals surface area contributed by atoms with E-state index in [9.17, 15) is 4.79 Å². The fourth-order valence-corrected chi connectivity index (χ4v) is 2.64. The third kappa shape index (κ3) is 4.45. The van der Waals surface area contributed by atoms with Gasteiger partial charge in [-0.3, -0.25) is 4.79 Å². The molecule has 3 rings (SSSR count). The van der Waals surface area contributed by atoms with Crippen LogP contribution in [0.5, 0.6) is 11.5 Å². The van der Waals surface area contributed by atoms with Crippen molar-refractivity contribution in [3.8, 4) is 11.5 Å². The molecule has 0 atom stereocenters. The highest BCUT2D eigenvalue weighted by atomic mass is 16.5. The topological polar surface area (TPSA) is 60.7 Å². The number of furan rings is 1. The first-order chi connectivity index (χ1) is 12.5. The summed E-state index contributed by atoms with van der Waals surface area (Å²) in [6.07, 6.45) is 0. The van der Waals surface area contributed by atoms with Gasteiger partial charge >= 0.3 is 0 Å². The third-order valence-electron chi connectivity index (χ3n) is 3.79. The van der Waals surface area contributed by atoms with Crippen LogP contribution in [-0.4, -0.2) is 13.0 Å². The van der Waals surface area contributed by atoms with Crippen LogP contribution in [0.15, 0.2) is 59.0 Å². The van der Waals surface area contributed by atoms with Crippen LogP contribution in [0, 0.1) is 13.8 Å². The third-order valence-corrected chi connectivity index (χ3v) is 3.79. The Morgan fingerprint density at radius 3 is 2.50 bits per heavy atom. The quantitative estimate of drug-likeness (QED) is 0.697. The van der Waals surface area contributed by atoms with Crippen molar-refractivity contribution in [2.24, 2.45) is 0 Å². The maximum Gasteiger partial charge on any atom is 0.291 e. The number of hydrogen-bond acceptors (Lipinski definition) is 4. The molecule has 2 aromatic carbocycles. The number of carbonyl (C=O) groups is 1. The van der Waals surface area contributed by atoms with Crippen LogP contribution < -0.4 is 14.8 Å². The number of amides is 1. The summed E-state index contributed by atoms with van der Waals surface area (Å²) in [6, 6.07) is 16.5. The molecule has 0 spiro atoms. The second-order valence-corrected chi connectivity index (χ2v) is 6.06. The Bertz CT molecular complexity index is 894. The molecule has 26 heavy (non-hydrogen) atoms. The van der Waals surface area contributed by atoms with E-state index in [4.69, 9.17) is 13.9 Å². The lowest BCUT2D eigenvalue weighted by atomic mass is 10.1. The van der Waals surface area contributed by atoms with Crippen LogP contribution >= 0.6 is 0 Å². The van der Waals surface area contributed by atoms with Gasteiger partial charge in [-0.25, -0.2) is 0 Å². The van der Waals surface area contributed by atoms with E-state index in [1.807, 2.05) is 32.0 Å². The summed E-state index contributed by atoms with van der Waals surface area (Å²) in [6.45, 7) is 4.30. The average molecular weight is 351 g/mol. The molecule has 3 aromatic rings. The van der Waals surface area contributed by atoms with Crippen LogP contribution in [0.3, 0.4) is 0 Å². The summed E-state index contributed by atoms with van der Waals surface area (Å²) >= 11 is 0. The van der Waals surface area contributed by atoms with Crippen LogP contribution in [0.4, 0.5) is 5.69 Å². The minimum absolute atomic E-state index is 0.229. The zero-order chi connectivity index (χ0) is 18.5. The number of anilines is 1. The van der Waals surface area contributed by atoms with Crippen molar-refractivity contribution in [2.45, 2.75) is 20.5 Å². The minimum atomic E-state index is -0.323. The number of rotatable bonds is 6. The van der Waals surface area contributed by atoms with E-state index in [2.05, 4.69) is 11.4 Å². The van der Waals surface area contributed by atoms with Crippen LogP contribution in [-0.2, 0) is 6.61 Å². The Kier molecular flexibility index (Phi) is 5.27. The lowest BCUT2D eigenvalue weighted by molar-refractivity contribution is 0.0992. The molecule has 0 radical (unpaired) electrons. The van der Waals surface area contributed by atoms with Crippen molar-refractivity contribution in [1.82, 2.24) is 0 Å². The molecule has 0 bridgehead atoms. The van der Waals surface area contributed by atoms with Gasteiger partial charge in [0.1, 0.15) is 23.9 Å². The summed E-state index contributed by atoms with van der Waals surface area (Å²) in [7, 11) is 1.58. The van der Waals surface area contributed by atoms with Gasteiger partial charge in [-0.2, -0.15) is 0 Å². The molecule has 0 fully saturated rings. The maximum atomic E-state index is 12.3. The van der Waals surface area contributed by atoms with E-state index >= 15 is 0 Å². The van der Waals surface area contributed by atoms with Gasteiger partial charge in [-0.1, -0.05) is 12.1 Å².